The van der Waals surface area contributed by atoms with Crippen molar-refractivity contribution in [3.63, 3.8) is 0 Å². The van der Waals surface area contributed by atoms with Crippen molar-refractivity contribution in [2.75, 3.05) is 26.9 Å². The van der Waals surface area contributed by atoms with Gasteiger partial charge in [-0.3, -0.25) is 4.79 Å². The SMILES string of the molecule is CCOCC(=O)N1CCCCC1c1ncc(Cc2cccc(OC)c2)o1. The number of nitrogens with zero attached hydrogens (tertiary/aromatic N) is 2. The number of carbonyl (C=O) groups excluding carboxylic acids is 1. The molecule has 6 heteroatoms. The predicted molar refractivity (Wildman–Crippen MR) is 97.1 cm³/mol. The molecule has 1 unspecified atom stereocenters. The molecule has 0 spiro atoms. The van der Waals surface area contributed by atoms with Crippen LogP contribution in [-0.2, 0) is 16.0 Å². The van der Waals surface area contributed by atoms with E-state index in [9.17, 15) is 4.79 Å². The number of hydrogen-bond acceptors (Lipinski definition) is 5. The molecule has 140 valence electrons. The second-order valence-electron chi connectivity index (χ2n) is 6.43. The lowest BCUT2D eigenvalue weighted by Crippen LogP contribution is -2.40. The van der Waals surface area contributed by atoms with E-state index >= 15 is 0 Å². The first-order chi connectivity index (χ1) is 12.7. The number of oxazole rings is 1. The number of aromatic nitrogens is 1. The van der Waals surface area contributed by atoms with Crippen molar-refractivity contribution in [1.82, 2.24) is 9.88 Å². The van der Waals surface area contributed by atoms with Crippen LogP contribution in [0.15, 0.2) is 34.9 Å². The fourth-order valence-corrected chi connectivity index (χ4v) is 3.30. The number of likely N-dealkylation sites (tertiary alicyclic amines) is 1. The molecule has 0 radical (unpaired) electrons. The molecular weight excluding hydrogens is 332 g/mol. The van der Waals surface area contributed by atoms with Crippen molar-refractivity contribution < 1.29 is 18.7 Å². The molecule has 0 bridgehead atoms. The van der Waals surface area contributed by atoms with E-state index in [1.807, 2.05) is 36.1 Å². The van der Waals surface area contributed by atoms with Gasteiger partial charge in [0.2, 0.25) is 11.8 Å². The minimum atomic E-state index is -0.101. The number of ether oxygens (including phenoxy) is 2. The van der Waals surface area contributed by atoms with Crippen LogP contribution in [0.3, 0.4) is 0 Å². The highest BCUT2D eigenvalue weighted by molar-refractivity contribution is 5.78. The van der Waals surface area contributed by atoms with Gasteiger partial charge in [0.1, 0.15) is 24.2 Å². The van der Waals surface area contributed by atoms with Gasteiger partial charge in [-0.2, -0.15) is 0 Å². The van der Waals surface area contributed by atoms with Gasteiger partial charge >= 0.3 is 0 Å². The molecule has 1 aromatic carbocycles. The Morgan fingerprint density at radius 1 is 1.38 bits per heavy atom. The zero-order valence-electron chi connectivity index (χ0n) is 15.4. The van der Waals surface area contributed by atoms with E-state index in [0.29, 0.717) is 18.9 Å². The van der Waals surface area contributed by atoms with Crippen LogP contribution in [0.1, 0.15) is 49.4 Å². The number of amides is 1. The first-order valence-corrected chi connectivity index (χ1v) is 9.16. The number of benzene rings is 1. The van der Waals surface area contributed by atoms with Crippen molar-refractivity contribution in [2.24, 2.45) is 0 Å². The highest BCUT2D eigenvalue weighted by atomic mass is 16.5. The van der Waals surface area contributed by atoms with Crippen molar-refractivity contribution in [3.05, 3.63) is 47.7 Å². The third-order valence-corrected chi connectivity index (χ3v) is 4.62. The minimum absolute atomic E-state index is 0.00379. The Hall–Kier alpha value is -2.34. The first kappa shape index (κ1) is 18.5. The Morgan fingerprint density at radius 2 is 2.27 bits per heavy atom. The van der Waals surface area contributed by atoms with Crippen LogP contribution >= 0.6 is 0 Å². The summed E-state index contributed by atoms with van der Waals surface area (Å²) in [7, 11) is 1.66. The smallest absolute Gasteiger partial charge is 0.249 e. The largest absolute Gasteiger partial charge is 0.497 e. The fourth-order valence-electron chi connectivity index (χ4n) is 3.30. The predicted octanol–water partition coefficient (Wildman–Crippen LogP) is 3.36. The van der Waals surface area contributed by atoms with Gasteiger partial charge in [0.25, 0.3) is 0 Å². The summed E-state index contributed by atoms with van der Waals surface area (Å²) in [5.41, 5.74) is 1.10. The normalized spacial score (nSPS) is 17.3. The van der Waals surface area contributed by atoms with Crippen LogP contribution < -0.4 is 4.74 Å². The summed E-state index contributed by atoms with van der Waals surface area (Å²) in [6, 6.07) is 7.79. The van der Waals surface area contributed by atoms with Crippen molar-refractivity contribution in [3.8, 4) is 5.75 Å². The number of piperidine rings is 1. The average Bonchev–Trinajstić information content (AvgIpc) is 3.14. The molecular formula is C20H26N2O4. The molecule has 1 amide bonds. The molecule has 1 aliphatic heterocycles. The summed E-state index contributed by atoms with van der Waals surface area (Å²) in [6.45, 7) is 3.27. The average molecular weight is 358 g/mol. The molecule has 0 N–H and O–H groups in total. The Kier molecular flexibility index (Phi) is 6.28. The molecule has 26 heavy (non-hydrogen) atoms. The van der Waals surface area contributed by atoms with E-state index in [2.05, 4.69) is 4.98 Å². The summed E-state index contributed by atoms with van der Waals surface area (Å²) in [5.74, 6) is 2.23. The van der Waals surface area contributed by atoms with Crippen LogP contribution in [0.4, 0.5) is 0 Å². The maximum Gasteiger partial charge on any atom is 0.249 e. The third kappa shape index (κ3) is 4.43. The molecule has 1 aromatic heterocycles. The van der Waals surface area contributed by atoms with Gasteiger partial charge in [-0.15, -0.1) is 0 Å². The van der Waals surface area contributed by atoms with E-state index in [1.54, 1.807) is 13.3 Å². The molecule has 1 aliphatic rings. The van der Waals surface area contributed by atoms with E-state index in [1.165, 1.54) is 0 Å². The highest BCUT2D eigenvalue weighted by Gasteiger charge is 2.31. The summed E-state index contributed by atoms with van der Waals surface area (Å²) in [4.78, 5) is 18.7. The van der Waals surface area contributed by atoms with Gasteiger partial charge in [0, 0.05) is 19.6 Å². The van der Waals surface area contributed by atoms with Gasteiger partial charge in [-0.05, 0) is 43.9 Å². The second-order valence-corrected chi connectivity index (χ2v) is 6.43. The van der Waals surface area contributed by atoms with Crippen LogP contribution in [0.5, 0.6) is 5.75 Å². The highest BCUT2D eigenvalue weighted by Crippen LogP contribution is 2.31. The zero-order chi connectivity index (χ0) is 18.4. The number of hydrogen-bond donors (Lipinski definition) is 0. The maximum atomic E-state index is 12.4. The number of carbonyl (C=O) groups is 1. The lowest BCUT2D eigenvalue weighted by molar-refractivity contribution is -0.140. The lowest BCUT2D eigenvalue weighted by Gasteiger charge is -2.33. The molecule has 2 heterocycles. The zero-order valence-corrected chi connectivity index (χ0v) is 15.4. The van der Waals surface area contributed by atoms with Crippen LogP contribution in [-0.4, -0.2) is 42.7 Å². The molecule has 0 aliphatic carbocycles. The molecule has 6 nitrogen and oxygen atoms in total. The van der Waals surface area contributed by atoms with E-state index in [0.717, 1.165) is 42.9 Å². The molecule has 1 saturated heterocycles. The topological polar surface area (TPSA) is 64.8 Å². The molecule has 1 atom stereocenters. The maximum absolute atomic E-state index is 12.4. The quantitative estimate of drug-likeness (QED) is 0.759. The fraction of sp³-hybridized carbons (Fsp3) is 0.500. The lowest BCUT2D eigenvalue weighted by atomic mass is 10.0. The Balaban J connectivity index is 1.71. The first-order valence-electron chi connectivity index (χ1n) is 9.16. The van der Waals surface area contributed by atoms with Gasteiger partial charge in [0.15, 0.2) is 0 Å². The van der Waals surface area contributed by atoms with Crippen LogP contribution in [0.25, 0.3) is 0 Å². The van der Waals surface area contributed by atoms with Crippen molar-refractivity contribution in [2.45, 2.75) is 38.6 Å². The van der Waals surface area contributed by atoms with Gasteiger partial charge in [0.05, 0.1) is 13.3 Å². The van der Waals surface area contributed by atoms with E-state index in [4.69, 9.17) is 13.9 Å². The summed E-state index contributed by atoms with van der Waals surface area (Å²) < 4.78 is 16.5. The monoisotopic (exact) mass is 358 g/mol. The number of methoxy groups -OCH3 is 1. The van der Waals surface area contributed by atoms with Crippen molar-refractivity contribution >= 4 is 5.91 Å². The molecule has 3 rings (SSSR count). The Bertz CT molecular complexity index is 728. The van der Waals surface area contributed by atoms with Crippen LogP contribution in [0.2, 0.25) is 0 Å². The summed E-state index contributed by atoms with van der Waals surface area (Å²) in [6.07, 6.45) is 5.35. The van der Waals surface area contributed by atoms with E-state index < -0.39 is 0 Å². The Labute approximate surface area is 154 Å². The molecule has 0 saturated carbocycles. The van der Waals surface area contributed by atoms with Crippen molar-refractivity contribution in [1.29, 1.82) is 0 Å². The van der Waals surface area contributed by atoms with Gasteiger partial charge < -0.3 is 18.8 Å². The third-order valence-electron chi connectivity index (χ3n) is 4.62. The van der Waals surface area contributed by atoms with Crippen LogP contribution in [0, 0.1) is 0 Å². The minimum Gasteiger partial charge on any atom is -0.497 e. The standard InChI is InChI=1S/C20H26N2O4/c1-3-25-14-19(23)22-10-5-4-9-18(22)20-21-13-17(26-20)12-15-7-6-8-16(11-15)24-2/h6-8,11,13,18H,3-5,9-10,12,14H2,1-2H3. The van der Waals surface area contributed by atoms with Gasteiger partial charge in [-0.1, -0.05) is 12.1 Å². The summed E-state index contributed by atoms with van der Waals surface area (Å²) >= 11 is 0. The Morgan fingerprint density at radius 3 is 3.08 bits per heavy atom. The van der Waals surface area contributed by atoms with Gasteiger partial charge in [-0.25, -0.2) is 4.98 Å². The summed E-state index contributed by atoms with van der Waals surface area (Å²) in [5, 5.41) is 0. The second kappa shape index (κ2) is 8.85. The molecule has 2 aromatic rings. The van der Waals surface area contributed by atoms with E-state index in [-0.39, 0.29) is 18.6 Å². The number of rotatable bonds is 7. The molecule has 1 fully saturated rings.